The van der Waals surface area contributed by atoms with Crippen LogP contribution in [0.3, 0.4) is 0 Å². The van der Waals surface area contributed by atoms with E-state index in [2.05, 4.69) is 6.92 Å². The Labute approximate surface area is 173 Å². The molecule has 0 saturated heterocycles. The predicted molar refractivity (Wildman–Crippen MR) is 115 cm³/mol. The highest BCUT2D eigenvalue weighted by atomic mass is 16.6. The van der Waals surface area contributed by atoms with Crippen LogP contribution in [0.5, 0.6) is 5.75 Å². The van der Waals surface area contributed by atoms with Gasteiger partial charge >= 0.3 is 20.2 Å². The number of rotatable bonds is 9. The van der Waals surface area contributed by atoms with Gasteiger partial charge in [0.15, 0.2) is 0 Å². The topological polar surface area (TPSA) is 85.2 Å². The summed E-state index contributed by atoms with van der Waals surface area (Å²) in [5.74, 6) is 0.272. The average Bonchev–Trinajstić information content (AvgIpc) is 2.67. The minimum atomic E-state index is -1.35. The summed E-state index contributed by atoms with van der Waals surface area (Å²) in [5, 5.41) is 20.5. The van der Waals surface area contributed by atoms with E-state index in [0.29, 0.717) is 28.8 Å². The zero-order valence-electron chi connectivity index (χ0n) is 17.4. The molecule has 0 bridgehead atoms. The Bertz CT molecular complexity index is 771. The first-order valence-electron chi connectivity index (χ1n) is 9.77. The van der Waals surface area contributed by atoms with Crippen LogP contribution < -0.4 is 15.7 Å². The van der Waals surface area contributed by atoms with Crippen molar-refractivity contribution in [3.05, 3.63) is 54.1 Å². The third kappa shape index (κ3) is 7.57. The Morgan fingerprint density at radius 1 is 0.931 bits per heavy atom. The van der Waals surface area contributed by atoms with Crippen molar-refractivity contribution < 1.29 is 28.9 Å². The number of benzene rings is 2. The molecule has 0 amide bonds. The number of hydrogen-bond donors (Lipinski definition) is 2. The molecule has 0 saturated carbocycles. The third-order valence-corrected chi connectivity index (χ3v) is 4.02. The lowest BCUT2D eigenvalue weighted by atomic mass is 9.71. The van der Waals surface area contributed by atoms with Gasteiger partial charge in [0, 0.05) is 0 Å². The zero-order chi connectivity index (χ0) is 21.4. The van der Waals surface area contributed by atoms with Crippen LogP contribution in [-0.2, 0) is 9.31 Å². The second-order valence-electron chi connectivity index (χ2n) is 7.74. The molecule has 2 N–H and O–H groups in total. The summed E-state index contributed by atoms with van der Waals surface area (Å²) in [6.07, 6.45) is 2.04. The first-order valence-corrected chi connectivity index (χ1v) is 9.77. The van der Waals surface area contributed by atoms with E-state index in [1.165, 1.54) is 0 Å². The summed E-state index contributed by atoms with van der Waals surface area (Å²) in [5.41, 5.74) is 0.697. The number of unbranched alkanes of at least 4 members (excludes halogenated alkanes) is 1. The molecule has 8 heteroatoms. The fraction of sp³-hybridized carbons (Fsp3) is 0.381. The highest BCUT2D eigenvalue weighted by Crippen LogP contribution is 2.12. The molecule has 0 atom stereocenters. The van der Waals surface area contributed by atoms with Crippen LogP contribution in [0, 0.1) is 0 Å². The van der Waals surface area contributed by atoms with Gasteiger partial charge in [0.1, 0.15) is 11.4 Å². The Kier molecular flexibility index (Phi) is 8.32. The molecule has 2 aromatic carbocycles. The molecule has 0 aliphatic carbocycles. The van der Waals surface area contributed by atoms with Crippen molar-refractivity contribution in [3.8, 4) is 5.75 Å². The van der Waals surface area contributed by atoms with Crippen molar-refractivity contribution in [3.63, 3.8) is 0 Å². The summed E-state index contributed by atoms with van der Waals surface area (Å²) in [7, 11) is -2.65. The van der Waals surface area contributed by atoms with Gasteiger partial charge in [-0.2, -0.15) is 0 Å². The van der Waals surface area contributed by atoms with Gasteiger partial charge in [-0.15, -0.1) is 0 Å². The summed E-state index contributed by atoms with van der Waals surface area (Å²) in [6.45, 7) is 8.12. The zero-order valence-corrected chi connectivity index (χ0v) is 17.4. The second kappa shape index (κ2) is 10.5. The van der Waals surface area contributed by atoms with Gasteiger partial charge in [0.25, 0.3) is 0 Å². The van der Waals surface area contributed by atoms with Crippen molar-refractivity contribution in [2.24, 2.45) is 0 Å². The maximum Gasteiger partial charge on any atom is 0.477 e. The first kappa shape index (κ1) is 23.0. The molecular formula is C21H28B2O6. The minimum absolute atomic E-state index is 0.370. The SMILES string of the molecule is CCCCOc1ccc(B(O)OB(O)c2ccc(C(=O)OC(C)(C)C)cc2)cc1. The van der Waals surface area contributed by atoms with Crippen LogP contribution in [0.2, 0.25) is 0 Å². The quantitative estimate of drug-likeness (QED) is 0.382. The lowest BCUT2D eigenvalue weighted by Gasteiger charge is -2.19. The van der Waals surface area contributed by atoms with E-state index in [0.717, 1.165) is 12.8 Å². The van der Waals surface area contributed by atoms with E-state index in [-0.39, 0.29) is 0 Å². The van der Waals surface area contributed by atoms with Gasteiger partial charge in [0.2, 0.25) is 0 Å². The third-order valence-electron chi connectivity index (χ3n) is 4.02. The van der Waals surface area contributed by atoms with E-state index in [1.54, 1.807) is 69.3 Å². The molecule has 0 aliphatic rings. The second-order valence-corrected chi connectivity index (χ2v) is 7.74. The molecule has 2 aromatic rings. The highest BCUT2D eigenvalue weighted by Gasteiger charge is 2.26. The van der Waals surface area contributed by atoms with Crippen LogP contribution >= 0.6 is 0 Å². The standard InChI is InChI=1S/C21H28B2O6/c1-5-6-15-27-19-13-11-18(12-14-19)23(26)29-22(25)17-9-7-16(8-10-17)20(24)28-21(2,3)4/h7-14,25-26H,5-6,15H2,1-4H3. The smallest absolute Gasteiger partial charge is 0.477 e. The van der Waals surface area contributed by atoms with E-state index in [1.807, 2.05) is 0 Å². The van der Waals surface area contributed by atoms with Crippen molar-refractivity contribution in [1.82, 2.24) is 0 Å². The summed E-state index contributed by atoms with van der Waals surface area (Å²) in [4.78, 5) is 12.0. The Morgan fingerprint density at radius 2 is 1.45 bits per heavy atom. The van der Waals surface area contributed by atoms with Gasteiger partial charge in [-0.05, 0) is 62.4 Å². The molecule has 0 aromatic heterocycles. The summed E-state index contributed by atoms with van der Waals surface area (Å²) in [6, 6.07) is 13.1. The van der Waals surface area contributed by atoms with Crippen LogP contribution in [-0.4, -0.2) is 42.5 Å². The normalized spacial score (nSPS) is 11.1. The van der Waals surface area contributed by atoms with Crippen LogP contribution in [0.4, 0.5) is 0 Å². The summed E-state index contributed by atoms with van der Waals surface area (Å²) < 4.78 is 16.2. The van der Waals surface area contributed by atoms with E-state index in [9.17, 15) is 14.8 Å². The fourth-order valence-corrected chi connectivity index (χ4v) is 2.46. The molecular weight excluding hydrogens is 370 g/mol. The molecule has 0 spiro atoms. The maximum absolute atomic E-state index is 12.0. The van der Waals surface area contributed by atoms with E-state index < -0.39 is 25.8 Å². The van der Waals surface area contributed by atoms with Crippen LogP contribution in [0.25, 0.3) is 0 Å². The molecule has 29 heavy (non-hydrogen) atoms. The van der Waals surface area contributed by atoms with Crippen molar-refractivity contribution in [2.75, 3.05) is 6.61 Å². The Hall–Kier alpha value is -2.28. The molecule has 0 unspecified atom stereocenters. The molecule has 0 radical (unpaired) electrons. The van der Waals surface area contributed by atoms with E-state index >= 15 is 0 Å². The van der Waals surface area contributed by atoms with Crippen LogP contribution in [0.1, 0.15) is 50.9 Å². The Balaban J connectivity index is 1.93. The number of carbonyl (C=O) groups excluding carboxylic acids is 1. The largest absolute Gasteiger partial charge is 0.494 e. The monoisotopic (exact) mass is 398 g/mol. The lowest BCUT2D eigenvalue weighted by molar-refractivity contribution is 0.00695. The van der Waals surface area contributed by atoms with Crippen molar-refractivity contribution in [1.29, 1.82) is 0 Å². The summed E-state index contributed by atoms with van der Waals surface area (Å²) >= 11 is 0. The van der Waals surface area contributed by atoms with Crippen molar-refractivity contribution in [2.45, 2.75) is 46.1 Å². The maximum atomic E-state index is 12.0. The highest BCUT2D eigenvalue weighted by molar-refractivity contribution is 6.73. The van der Waals surface area contributed by atoms with Crippen molar-refractivity contribution >= 4 is 31.1 Å². The Morgan fingerprint density at radius 3 is 1.93 bits per heavy atom. The molecule has 0 aliphatic heterocycles. The van der Waals surface area contributed by atoms with E-state index in [4.69, 9.17) is 14.0 Å². The van der Waals surface area contributed by atoms with Gasteiger partial charge in [-0.25, -0.2) is 4.79 Å². The minimum Gasteiger partial charge on any atom is -0.494 e. The number of carbonyl (C=O) groups is 1. The molecule has 2 rings (SSSR count). The van der Waals surface area contributed by atoms with Gasteiger partial charge in [0.05, 0.1) is 12.2 Å². The molecule has 0 heterocycles. The average molecular weight is 398 g/mol. The predicted octanol–water partition coefficient (Wildman–Crippen LogP) is 1.91. The molecule has 0 fully saturated rings. The van der Waals surface area contributed by atoms with Gasteiger partial charge in [-0.3, -0.25) is 0 Å². The number of ether oxygens (including phenoxy) is 2. The number of esters is 1. The number of hydrogen-bond acceptors (Lipinski definition) is 6. The fourth-order valence-electron chi connectivity index (χ4n) is 2.46. The molecule has 154 valence electrons. The van der Waals surface area contributed by atoms with Gasteiger partial charge < -0.3 is 24.1 Å². The van der Waals surface area contributed by atoms with Gasteiger partial charge in [-0.1, -0.05) is 37.6 Å². The van der Waals surface area contributed by atoms with Crippen LogP contribution in [0.15, 0.2) is 48.5 Å². The lowest BCUT2D eigenvalue weighted by Crippen LogP contribution is -2.45. The first-order chi connectivity index (χ1) is 13.7. The molecule has 6 nitrogen and oxygen atoms in total.